The van der Waals surface area contributed by atoms with E-state index < -0.39 is 36.5 Å². The van der Waals surface area contributed by atoms with Crippen molar-refractivity contribution >= 4 is 23.9 Å². The van der Waals surface area contributed by atoms with Crippen molar-refractivity contribution in [2.24, 2.45) is 23.7 Å². The molecule has 0 fully saturated rings. The molecule has 0 spiro atoms. The lowest BCUT2D eigenvalue weighted by Crippen LogP contribution is -2.27. The van der Waals surface area contributed by atoms with Crippen molar-refractivity contribution < 1.29 is 38.1 Å². The molecular weight excluding hydrogens is 560 g/mol. The zero-order chi connectivity index (χ0) is 30.7. The highest BCUT2D eigenvalue weighted by Gasteiger charge is 2.32. The number of ether oxygens (including phenoxy) is 4. The Labute approximate surface area is 259 Å². The van der Waals surface area contributed by atoms with E-state index in [0.29, 0.717) is 62.5 Å². The van der Waals surface area contributed by atoms with Crippen molar-refractivity contribution in [2.75, 3.05) is 0 Å². The molecule has 0 bridgehead atoms. The molecule has 234 valence electrons. The second-order valence-electron chi connectivity index (χ2n) is 12.0. The molecule has 4 atom stereocenters. The highest BCUT2D eigenvalue weighted by molar-refractivity contribution is 5.76. The molecule has 8 nitrogen and oxygen atoms in total. The molecule has 4 aliphatic rings. The quantitative estimate of drug-likeness (QED) is 0.156. The van der Waals surface area contributed by atoms with Gasteiger partial charge in [0.2, 0.25) is 0 Å². The molecule has 0 saturated heterocycles. The van der Waals surface area contributed by atoms with Crippen LogP contribution in [0.3, 0.4) is 0 Å². The summed E-state index contributed by atoms with van der Waals surface area (Å²) >= 11 is 0. The van der Waals surface area contributed by atoms with Crippen LogP contribution in [-0.4, -0.2) is 23.9 Å². The number of hydrogen-bond donors (Lipinski definition) is 0. The van der Waals surface area contributed by atoms with Gasteiger partial charge in [0.15, 0.2) is 0 Å². The largest absolute Gasteiger partial charge is 0.420 e. The Bertz CT molecular complexity index is 1110. The molecule has 1 aromatic rings. The Morgan fingerprint density at radius 1 is 0.432 bits per heavy atom. The topological polar surface area (TPSA) is 105 Å². The summed E-state index contributed by atoms with van der Waals surface area (Å²) in [5.41, 5.74) is 0.916. The van der Waals surface area contributed by atoms with Crippen LogP contribution >= 0.6 is 0 Å². The summed E-state index contributed by atoms with van der Waals surface area (Å²) in [6, 6.07) is 6.62. The lowest BCUT2D eigenvalue weighted by molar-refractivity contribution is -0.198. The first-order valence-corrected chi connectivity index (χ1v) is 16.0. The zero-order valence-corrected chi connectivity index (χ0v) is 25.1. The van der Waals surface area contributed by atoms with E-state index in [0.717, 1.165) is 25.7 Å². The van der Waals surface area contributed by atoms with Crippen LogP contribution in [0, 0.1) is 23.7 Å². The zero-order valence-electron chi connectivity index (χ0n) is 25.1. The molecule has 44 heavy (non-hydrogen) atoms. The first kappa shape index (κ1) is 31.5. The molecule has 1 aromatic carbocycles. The standard InChI is InChI=1S/C36H42O8/c37-31(25-13-5-1-6-14-25)41-35(42-32(38)26-15-7-2-8-16-26)29-21-23-30(24-22-29)36(43-33(39)27-17-9-3-10-18-27)44-34(40)28-19-11-4-12-20-28/h1-5,7,9,11,21-28,35-36H,6,8,10,12-20H2. The summed E-state index contributed by atoms with van der Waals surface area (Å²) in [5, 5.41) is 0. The first-order valence-electron chi connectivity index (χ1n) is 16.0. The lowest BCUT2D eigenvalue weighted by Gasteiger charge is -2.26. The van der Waals surface area contributed by atoms with E-state index in [1.54, 1.807) is 24.3 Å². The SMILES string of the molecule is O=C(OC(OC(=O)C1CC=CCC1)c1ccc(C(OC(=O)C2CC=CCC2)OC(=O)C2CC=CCC2)cc1)C1CC=CCC1. The molecule has 0 aliphatic heterocycles. The van der Waals surface area contributed by atoms with Gasteiger partial charge in [-0.2, -0.15) is 0 Å². The van der Waals surface area contributed by atoms with Gasteiger partial charge in [0.1, 0.15) is 0 Å². The van der Waals surface area contributed by atoms with E-state index in [1.165, 1.54) is 0 Å². The van der Waals surface area contributed by atoms with Gasteiger partial charge in [0.25, 0.3) is 12.6 Å². The molecule has 4 unspecified atom stereocenters. The highest BCUT2D eigenvalue weighted by Crippen LogP contribution is 2.32. The van der Waals surface area contributed by atoms with Crippen LogP contribution in [0.25, 0.3) is 0 Å². The normalized spacial score (nSPS) is 25.8. The molecule has 0 radical (unpaired) electrons. The third kappa shape index (κ3) is 8.58. The van der Waals surface area contributed by atoms with Crippen LogP contribution in [0.15, 0.2) is 72.9 Å². The van der Waals surface area contributed by atoms with Crippen LogP contribution in [0.1, 0.15) is 101 Å². The summed E-state index contributed by atoms with van der Waals surface area (Å²) in [4.78, 5) is 52.3. The van der Waals surface area contributed by atoms with E-state index in [-0.39, 0.29) is 23.7 Å². The van der Waals surface area contributed by atoms with Gasteiger partial charge in [-0.25, -0.2) is 0 Å². The molecule has 0 N–H and O–H groups in total. The maximum absolute atomic E-state index is 13.1. The number of carbonyl (C=O) groups is 4. The van der Waals surface area contributed by atoms with Crippen LogP contribution in [0.5, 0.6) is 0 Å². The molecule has 8 heteroatoms. The van der Waals surface area contributed by atoms with Crippen molar-refractivity contribution in [3.05, 3.63) is 84.0 Å². The minimum atomic E-state index is -1.23. The molecule has 0 heterocycles. The second kappa shape index (κ2) is 15.7. The molecule has 0 saturated carbocycles. The van der Waals surface area contributed by atoms with Gasteiger partial charge in [0, 0.05) is 11.1 Å². The molecule has 0 amide bonds. The van der Waals surface area contributed by atoms with Crippen molar-refractivity contribution in [3.8, 4) is 0 Å². The second-order valence-corrected chi connectivity index (χ2v) is 12.0. The number of allylic oxidation sites excluding steroid dienone is 8. The van der Waals surface area contributed by atoms with Gasteiger partial charge in [-0.3, -0.25) is 19.2 Å². The smallest absolute Gasteiger partial charge is 0.312 e. The van der Waals surface area contributed by atoms with Gasteiger partial charge >= 0.3 is 23.9 Å². The van der Waals surface area contributed by atoms with Gasteiger partial charge in [-0.1, -0.05) is 72.9 Å². The molecule has 4 aliphatic carbocycles. The van der Waals surface area contributed by atoms with E-state index >= 15 is 0 Å². The summed E-state index contributed by atoms with van der Waals surface area (Å²) in [6.45, 7) is 0. The number of carbonyl (C=O) groups excluding carboxylic acids is 4. The summed E-state index contributed by atoms with van der Waals surface area (Å²) in [6.07, 6.45) is 21.8. The Kier molecular flexibility index (Phi) is 11.2. The fourth-order valence-electron chi connectivity index (χ4n) is 5.97. The summed E-state index contributed by atoms with van der Waals surface area (Å²) in [7, 11) is 0. The van der Waals surface area contributed by atoms with Crippen LogP contribution in [0.2, 0.25) is 0 Å². The van der Waals surface area contributed by atoms with Gasteiger partial charge < -0.3 is 18.9 Å². The van der Waals surface area contributed by atoms with Crippen LogP contribution in [0.4, 0.5) is 0 Å². The Hall–Kier alpha value is -3.94. The molecule has 0 aromatic heterocycles. The van der Waals surface area contributed by atoms with E-state index in [4.69, 9.17) is 18.9 Å². The third-order valence-corrected chi connectivity index (χ3v) is 8.78. The number of hydrogen-bond acceptors (Lipinski definition) is 8. The lowest BCUT2D eigenvalue weighted by atomic mass is 9.94. The third-order valence-electron chi connectivity index (χ3n) is 8.78. The van der Waals surface area contributed by atoms with Gasteiger partial charge in [-0.15, -0.1) is 0 Å². The van der Waals surface area contributed by atoms with Crippen molar-refractivity contribution in [2.45, 2.75) is 89.6 Å². The van der Waals surface area contributed by atoms with Crippen molar-refractivity contribution in [1.82, 2.24) is 0 Å². The van der Waals surface area contributed by atoms with Crippen molar-refractivity contribution in [1.29, 1.82) is 0 Å². The summed E-state index contributed by atoms with van der Waals surface area (Å²) < 4.78 is 23.2. The Balaban J connectivity index is 1.34. The van der Waals surface area contributed by atoms with Crippen LogP contribution in [-0.2, 0) is 38.1 Å². The fourth-order valence-corrected chi connectivity index (χ4v) is 5.97. The van der Waals surface area contributed by atoms with Gasteiger partial charge in [0.05, 0.1) is 23.7 Å². The van der Waals surface area contributed by atoms with Crippen molar-refractivity contribution in [3.63, 3.8) is 0 Å². The van der Waals surface area contributed by atoms with E-state index in [9.17, 15) is 19.2 Å². The fraction of sp³-hybridized carbons (Fsp3) is 0.500. The Morgan fingerprint density at radius 3 is 0.886 bits per heavy atom. The minimum Gasteiger partial charge on any atom is -0.420 e. The highest BCUT2D eigenvalue weighted by atomic mass is 16.7. The first-order chi connectivity index (χ1) is 21.5. The van der Waals surface area contributed by atoms with E-state index in [1.807, 2.05) is 48.6 Å². The summed E-state index contributed by atoms with van der Waals surface area (Å²) in [5.74, 6) is -2.86. The maximum Gasteiger partial charge on any atom is 0.312 e. The number of benzene rings is 1. The Morgan fingerprint density at radius 2 is 0.682 bits per heavy atom. The minimum absolute atomic E-state index is 0.300. The predicted molar refractivity (Wildman–Crippen MR) is 162 cm³/mol. The molecular formula is C36H42O8. The van der Waals surface area contributed by atoms with Gasteiger partial charge in [-0.05, 0) is 77.0 Å². The average molecular weight is 603 g/mol. The van der Waals surface area contributed by atoms with Crippen LogP contribution < -0.4 is 0 Å². The monoisotopic (exact) mass is 602 g/mol. The number of rotatable bonds is 10. The van der Waals surface area contributed by atoms with E-state index in [2.05, 4.69) is 0 Å². The predicted octanol–water partition coefficient (Wildman–Crippen LogP) is 7.28. The number of esters is 4. The molecule has 5 rings (SSSR count). The maximum atomic E-state index is 13.1. The average Bonchev–Trinajstić information content (AvgIpc) is 3.09.